The molecule has 5 heteroatoms. The molecule has 0 amide bonds. The summed E-state index contributed by atoms with van der Waals surface area (Å²) in [6, 6.07) is 4.17. The highest BCUT2D eigenvalue weighted by Crippen LogP contribution is 2.24. The Morgan fingerprint density at radius 3 is 3.06 bits per heavy atom. The van der Waals surface area contributed by atoms with Crippen LogP contribution in [0.3, 0.4) is 0 Å². The van der Waals surface area contributed by atoms with Crippen molar-refractivity contribution in [1.29, 1.82) is 0 Å². The van der Waals surface area contributed by atoms with E-state index in [9.17, 15) is 0 Å². The lowest BCUT2D eigenvalue weighted by atomic mass is 10.2. The number of rotatable bonds is 4. The van der Waals surface area contributed by atoms with Gasteiger partial charge in [-0.2, -0.15) is 0 Å². The third-order valence-electron chi connectivity index (χ3n) is 2.32. The molecule has 0 bridgehead atoms. The van der Waals surface area contributed by atoms with Crippen molar-refractivity contribution in [2.75, 3.05) is 0 Å². The van der Waals surface area contributed by atoms with Gasteiger partial charge in [-0.1, -0.05) is 11.6 Å². The lowest BCUT2D eigenvalue weighted by Crippen LogP contribution is -2.18. The molecule has 0 saturated carbocycles. The quantitative estimate of drug-likeness (QED) is 0.910. The topological polar surface area (TPSA) is 37.8 Å². The van der Waals surface area contributed by atoms with Gasteiger partial charge < -0.3 is 5.32 Å². The van der Waals surface area contributed by atoms with Crippen LogP contribution in [0.25, 0.3) is 0 Å². The van der Waals surface area contributed by atoms with Gasteiger partial charge >= 0.3 is 0 Å². The zero-order valence-electron chi connectivity index (χ0n) is 8.85. The van der Waals surface area contributed by atoms with E-state index in [1.165, 1.54) is 5.56 Å². The molecular formula is C11H12ClN3S. The third-order valence-corrected chi connectivity index (χ3v) is 3.43. The summed E-state index contributed by atoms with van der Waals surface area (Å²) in [5.41, 5.74) is 2.20. The number of nitrogens with zero attached hydrogens (tertiary/aromatic N) is 2. The van der Waals surface area contributed by atoms with Gasteiger partial charge in [-0.25, -0.2) is 9.97 Å². The molecule has 0 aliphatic carbocycles. The Morgan fingerprint density at radius 2 is 2.44 bits per heavy atom. The minimum absolute atomic E-state index is 0.277. The number of nitrogens with one attached hydrogen (secondary N) is 1. The summed E-state index contributed by atoms with van der Waals surface area (Å²) in [6.07, 6.45) is 3.30. The van der Waals surface area contributed by atoms with Crippen molar-refractivity contribution in [3.05, 3.63) is 45.6 Å². The molecule has 2 rings (SSSR count). The van der Waals surface area contributed by atoms with Crippen molar-refractivity contribution in [3.63, 3.8) is 0 Å². The van der Waals surface area contributed by atoms with Gasteiger partial charge in [0.1, 0.15) is 6.33 Å². The Bertz CT molecular complexity index is 444. The molecule has 1 N–H and O–H groups in total. The van der Waals surface area contributed by atoms with Gasteiger partial charge in [0.2, 0.25) is 0 Å². The SMILES string of the molecule is CC(NCc1ccncn1)c1csc(Cl)c1. The summed E-state index contributed by atoms with van der Waals surface area (Å²) in [4.78, 5) is 8.03. The molecule has 1 unspecified atom stereocenters. The Labute approximate surface area is 104 Å². The smallest absolute Gasteiger partial charge is 0.115 e. The van der Waals surface area contributed by atoms with Crippen LogP contribution in [-0.2, 0) is 6.54 Å². The Kier molecular flexibility index (Phi) is 3.88. The molecule has 1 atom stereocenters. The van der Waals surface area contributed by atoms with Crippen molar-refractivity contribution in [3.8, 4) is 0 Å². The molecule has 84 valence electrons. The number of aromatic nitrogens is 2. The Morgan fingerprint density at radius 1 is 1.56 bits per heavy atom. The minimum Gasteiger partial charge on any atom is -0.305 e. The maximum absolute atomic E-state index is 5.89. The number of hydrogen-bond donors (Lipinski definition) is 1. The van der Waals surface area contributed by atoms with E-state index in [0.717, 1.165) is 16.6 Å². The average Bonchev–Trinajstić information content (AvgIpc) is 2.74. The van der Waals surface area contributed by atoms with Crippen LogP contribution in [0.2, 0.25) is 4.34 Å². The van der Waals surface area contributed by atoms with Gasteiger partial charge in [0.15, 0.2) is 0 Å². The fraction of sp³-hybridized carbons (Fsp3) is 0.273. The molecular weight excluding hydrogens is 242 g/mol. The molecule has 3 nitrogen and oxygen atoms in total. The minimum atomic E-state index is 0.277. The van der Waals surface area contributed by atoms with E-state index in [0.29, 0.717) is 0 Å². The maximum atomic E-state index is 5.89. The molecule has 2 aromatic rings. The molecule has 2 heterocycles. The summed E-state index contributed by atoms with van der Waals surface area (Å²) in [5, 5.41) is 5.46. The standard InChI is InChI=1S/C11H12ClN3S/c1-8(9-4-11(12)16-6-9)14-5-10-2-3-13-7-15-10/h2-4,6-8,14H,5H2,1H3. The molecule has 0 saturated heterocycles. The second-order valence-corrected chi connectivity index (χ2v) is 5.03. The first kappa shape index (κ1) is 11.5. The number of halogens is 1. The highest BCUT2D eigenvalue weighted by molar-refractivity contribution is 7.14. The van der Waals surface area contributed by atoms with Crippen LogP contribution in [0.15, 0.2) is 30.0 Å². The van der Waals surface area contributed by atoms with Gasteiger partial charge in [-0.3, -0.25) is 0 Å². The molecule has 0 aliphatic heterocycles. The lowest BCUT2D eigenvalue weighted by Gasteiger charge is -2.11. The lowest BCUT2D eigenvalue weighted by molar-refractivity contribution is 0.568. The third kappa shape index (κ3) is 3.01. The first-order valence-electron chi connectivity index (χ1n) is 4.98. The van der Waals surface area contributed by atoms with Crippen molar-refractivity contribution in [2.24, 2.45) is 0 Å². The fourth-order valence-corrected chi connectivity index (χ4v) is 2.33. The van der Waals surface area contributed by atoms with E-state index < -0.39 is 0 Å². The summed E-state index contributed by atoms with van der Waals surface area (Å²) >= 11 is 7.45. The van der Waals surface area contributed by atoms with Crippen molar-refractivity contribution >= 4 is 22.9 Å². The highest BCUT2D eigenvalue weighted by atomic mass is 35.5. The van der Waals surface area contributed by atoms with E-state index in [2.05, 4.69) is 27.6 Å². The van der Waals surface area contributed by atoms with Gasteiger partial charge in [0, 0.05) is 18.8 Å². The van der Waals surface area contributed by atoms with Crippen LogP contribution >= 0.6 is 22.9 Å². The number of thiophene rings is 1. The van der Waals surface area contributed by atoms with Crippen molar-refractivity contribution < 1.29 is 0 Å². The van der Waals surface area contributed by atoms with Gasteiger partial charge in [-0.15, -0.1) is 11.3 Å². The van der Waals surface area contributed by atoms with Gasteiger partial charge in [0.05, 0.1) is 10.0 Å². The normalized spacial score (nSPS) is 12.6. The van der Waals surface area contributed by atoms with Crippen molar-refractivity contribution in [2.45, 2.75) is 19.5 Å². The van der Waals surface area contributed by atoms with E-state index in [1.54, 1.807) is 23.9 Å². The molecule has 0 spiro atoms. The molecule has 0 aliphatic rings. The maximum Gasteiger partial charge on any atom is 0.115 e. The van der Waals surface area contributed by atoms with Crippen LogP contribution in [0.4, 0.5) is 0 Å². The first-order chi connectivity index (χ1) is 7.75. The van der Waals surface area contributed by atoms with Gasteiger partial charge in [0.25, 0.3) is 0 Å². The predicted molar refractivity (Wildman–Crippen MR) is 66.6 cm³/mol. The Hall–Kier alpha value is -0.970. The molecule has 0 radical (unpaired) electrons. The molecule has 16 heavy (non-hydrogen) atoms. The second kappa shape index (κ2) is 5.39. The number of hydrogen-bond acceptors (Lipinski definition) is 4. The summed E-state index contributed by atoms with van der Waals surface area (Å²) in [6.45, 7) is 2.84. The average molecular weight is 254 g/mol. The molecule has 0 fully saturated rings. The van der Waals surface area contributed by atoms with E-state index >= 15 is 0 Å². The van der Waals surface area contributed by atoms with Gasteiger partial charge in [-0.05, 0) is 30.0 Å². The first-order valence-corrected chi connectivity index (χ1v) is 6.23. The van der Waals surface area contributed by atoms with Crippen LogP contribution in [0, 0.1) is 0 Å². The second-order valence-electron chi connectivity index (χ2n) is 3.49. The van der Waals surface area contributed by atoms with Crippen LogP contribution < -0.4 is 5.32 Å². The van der Waals surface area contributed by atoms with Crippen LogP contribution in [0.1, 0.15) is 24.2 Å². The Balaban J connectivity index is 1.91. The summed E-state index contributed by atoms with van der Waals surface area (Å²) in [7, 11) is 0. The molecule has 2 aromatic heterocycles. The monoisotopic (exact) mass is 253 g/mol. The predicted octanol–water partition coefficient (Wildman–Crippen LogP) is 3.04. The summed E-state index contributed by atoms with van der Waals surface area (Å²) in [5.74, 6) is 0. The summed E-state index contributed by atoms with van der Waals surface area (Å²) < 4.78 is 0.825. The van der Waals surface area contributed by atoms with Crippen LogP contribution in [0.5, 0.6) is 0 Å². The van der Waals surface area contributed by atoms with E-state index in [1.807, 2.05) is 12.1 Å². The van der Waals surface area contributed by atoms with Crippen molar-refractivity contribution in [1.82, 2.24) is 15.3 Å². The highest BCUT2D eigenvalue weighted by Gasteiger charge is 2.07. The van der Waals surface area contributed by atoms with E-state index in [4.69, 9.17) is 11.6 Å². The largest absolute Gasteiger partial charge is 0.305 e. The van der Waals surface area contributed by atoms with Crippen LogP contribution in [-0.4, -0.2) is 9.97 Å². The zero-order chi connectivity index (χ0) is 11.4. The van der Waals surface area contributed by atoms with E-state index in [-0.39, 0.29) is 6.04 Å². The molecule has 0 aromatic carbocycles. The fourth-order valence-electron chi connectivity index (χ4n) is 1.35. The zero-order valence-corrected chi connectivity index (χ0v) is 10.4.